The maximum atomic E-state index is 14.0. The van der Waals surface area contributed by atoms with Crippen LogP contribution in [0.15, 0.2) is 47.4 Å². The van der Waals surface area contributed by atoms with Crippen LogP contribution in [0, 0.1) is 0 Å². The van der Waals surface area contributed by atoms with Gasteiger partial charge in [-0.1, -0.05) is 12.1 Å². The summed E-state index contributed by atoms with van der Waals surface area (Å²) in [5, 5.41) is -0.431. The van der Waals surface area contributed by atoms with E-state index in [0.29, 0.717) is 36.7 Å². The summed E-state index contributed by atoms with van der Waals surface area (Å²) in [7, 11) is 3.23. The second-order valence-electron chi connectivity index (χ2n) is 9.09. The standard InChI is InChI=1S/C27H36N2O5S.ClH/c1-17(2)28(18(3)4)14-15-29-23-13-12-22(33-7)16-24(23)35-26(25(27(29)31)34-19(5)30)20-8-10-21(32-6)11-9-20;/h8-13,16-18,25-26H,14-15H2,1-7H3;1H/p-1/t25-,26-;/m0./s1. The first kappa shape index (κ1) is 29.8. The minimum atomic E-state index is -0.976. The molecule has 36 heavy (non-hydrogen) atoms. The molecular formula is C27H36ClN2O5S-. The number of anilines is 1. The first-order valence-corrected chi connectivity index (χ1v) is 12.8. The van der Waals surface area contributed by atoms with Crippen LogP contribution in [-0.4, -0.2) is 62.3 Å². The minimum Gasteiger partial charge on any atom is -1.00 e. The lowest BCUT2D eigenvalue weighted by Crippen LogP contribution is -3.00. The van der Waals surface area contributed by atoms with E-state index in [0.717, 1.165) is 16.1 Å². The summed E-state index contributed by atoms with van der Waals surface area (Å²) in [4.78, 5) is 31.1. The number of carbonyl (C=O) groups is 2. The van der Waals surface area contributed by atoms with Crippen LogP contribution in [0.25, 0.3) is 0 Å². The van der Waals surface area contributed by atoms with Gasteiger partial charge < -0.3 is 31.5 Å². The fourth-order valence-electron chi connectivity index (χ4n) is 4.43. The first-order valence-electron chi connectivity index (χ1n) is 11.9. The molecule has 0 saturated heterocycles. The fourth-order valence-corrected chi connectivity index (χ4v) is 5.77. The zero-order valence-electron chi connectivity index (χ0n) is 22.0. The zero-order chi connectivity index (χ0) is 25.7. The van der Waals surface area contributed by atoms with Gasteiger partial charge in [-0.15, -0.1) is 11.8 Å². The average molecular weight is 536 g/mol. The number of methoxy groups -OCH3 is 2. The zero-order valence-corrected chi connectivity index (χ0v) is 23.6. The van der Waals surface area contributed by atoms with Crippen LogP contribution < -0.4 is 26.8 Å². The van der Waals surface area contributed by atoms with Crippen molar-refractivity contribution in [1.82, 2.24) is 4.90 Å². The number of carbonyl (C=O) groups excluding carboxylic acids is 2. The molecule has 1 aliphatic rings. The summed E-state index contributed by atoms with van der Waals surface area (Å²) in [6.45, 7) is 11.1. The van der Waals surface area contributed by atoms with Crippen molar-refractivity contribution in [2.45, 2.75) is 63.0 Å². The van der Waals surface area contributed by atoms with Crippen molar-refractivity contribution in [1.29, 1.82) is 0 Å². The van der Waals surface area contributed by atoms with Crippen molar-refractivity contribution in [3.8, 4) is 11.5 Å². The van der Waals surface area contributed by atoms with E-state index in [9.17, 15) is 9.59 Å². The molecule has 0 fully saturated rings. The number of hydrogen-bond donors (Lipinski definition) is 0. The molecule has 0 spiro atoms. The number of nitrogens with zero attached hydrogens (tertiary/aromatic N) is 2. The van der Waals surface area contributed by atoms with E-state index in [1.54, 1.807) is 19.1 Å². The average Bonchev–Trinajstić information content (AvgIpc) is 2.93. The summed E-state index contributed by atoms with van der Waals surface area (Å²) >= 11 is 1.50. The number of amides is 1. The lowest BCUT2D eigenvalue weighted by atomic mass is 10.1. The van der Waals surface area contributed by atoms with Gasteiger partial charge in [-0.3, -0.25) is 14.5 Å². The summed E-state index contributed by atoms with van der Waals surface area (Å²) in [6.07, 6.45) is -0.976. The van der Waals surface area contributed by atoms with Gasteiger partial charge in [-0.25, -0.2) is 0 Å². The van der Waals surface area contributed by atoms with Crippen molar-refractivity contribution < 1.29 is 36.2 Å². The van der Waals surface area contributed by atoms with E-state index < -0.39 is 17.3 Å². The molecule has 3 rings (SSSR count). The van der Waals surface area contributed by atoms with Crippen LogP contribution in [0.3, 0.4) is 0 Å². The topological polar surface area (TPSA) is 68.3 Å². The Labute approximate surface area is 224 Å². The van der Waals surface area contributed by atoms with Gasteiger partial charge in [-0.05, 0) is 63.6 Å². The Morgan fingerprint density at radius 2 is 1.58 bits per heavy atom. The SMILES string of the molecule is COc1ccc([C@@H]2Sc3cc(OC)ccc3N(CCN(C(C)C)C(C)C)C(=O)[C@H]2OC(C)=O)cc1.[Cl-]. The second-order valence-corrected chi connectivity index (χ2v) is 10.3. The lowest BCUT2D eigenvalue weighted by Gasteiger charge is -2.34. The Morgan fingerprint density at radius 1 is 1.00 bits per heavy atom. The Kier molecular flexibility index (Phi) is 10.9. The highest BCUT2D eigenvalue weighted by atomic mass is 35.5. The number of benzene rings is 2. The van der Waals surface area contributed by atoms with Gasteiger partial charge in [0.25, 0.3) is 5.91 Å². The van der Waals surface area contributed by atoms with Crippen molar-refractivity contribution in [3.05, 3.63) is 48.0 Å². The van der Waals surface area contributed by atoms with Crippen LogP contribution in [0.2, 0.25) is 0 Å². The third-order valence-corrected chi connectivity index (χ3v) is 7.50. The molecule has 2 aromatic rings. The molecule has 0 aromatic heterocycles. The molecular weight excluding hydrogens is 500 g/mol. The molecule has 0 radical (unpaired) electrons. The predicted octanol–water partition coefficient (Wildman–Crippen LogP) is 1.94. The third-order valence-electron chi connectivity index (χ3n) is 6.14. The van der Waals surface area contributed by atoms with Gasteiger partial charge in [0.2, 0.25) is 0 Å². The summed E-state index contributed by atoms with van der Waals surface area (Å²) in [5.41, 5.74) is 1.67. The summed E-state index contributed by atoms with van der Waals surface area (Å²) in [5.74, 6) is 0.699. The van der Waals surface area contributed by atoms with E-state index in [1.807, 2.05) is 42.5 Å². The normalized spacial score (nSPS) is 17.5. The van der Waals surface area contributed by atoms with E-state index in [-0.39, 0.29) is 18.3 Å². The highest BCUT2D eigenvalue weighted by Gasteiger charge is 2.41. The maximum Gasteiger partial charge on any atom is 0.303 e. The highest BCUT2D eigenvalue weighted by molar-refractivity contribution is 7.99. The van der Waals surface area contributed by atoms with Gasteiger partial charge >= 0.3 is 5.97 Å². The Bertz CT molecular complexity index is 1020. The van der Waals surface area contributed by atoms with Crippen LogP contribution in [0.4, 0.5) is 5.69 Å². The Morgan fingerprint density at radius 3 is 2.11 bits per heavy atom. The van der Waals surface area contributed by atoms with Crippen molar-refractivity contribution >= 4 is 29.3 Å². The molecule has 0 unspecified atom stereocenters. The predicted molar refractivity (Wildman–Crippen MR) is 139 cm³/mol. The van der Waals surface area contributed by atoms with E-state index in [1.165, 1.54) is 18.7 Å². The third kappa shape index (κ3) is 6.87. The van der Waals surface area contributed by atoms with Gasteiger partial charge in [0, 0.05) is 37.0 Å². The molecule has 0 bridgehead atoms. The van der Waals surface area contributed by atoms with E-state index in [4.69, 9.17) is 14.2 Å². The van der Waals surface area contributed by atoms with E-state index in [2.05, 4.69) is 32.6 Å². The minimum absolute atomic E-state index is 0. The monoisotopic (exact) mass is 535 g/mol. The fraction of sp³-hybridized carbons (Fsp3) is 0.481. The molecule has 0 N–H and O–H groups in total. The number of fused-ring (bicyclic) bond motifs is 1. The molecule has 2 atom stereocenters. The van der Waals surface area contributed by atoms with Crippen LogP contribution in [0.5, 0.6) is 11.5 Å². The largest absolute Gasteiger partial charge is 1.00 e. The quantitative estimate of drug-likeness (QED) is 0.455. The second kappa shape index (κ2) is 13.2. The maximum absolute atomic E-state index is 14.0. The molecule has 0 aliphatic carbocycles. The smallest absolute Gasteiger partial charge is 0.303 e. The van der Waals surface area contributed by atoms with Crippen LogP contribution in [0.1, 0.15) is 45.4 Å². The molecule has 1 aliphatic heterocycles. The van der Waals surface area contributed by atoms with Gasteiger partial charge in [-0.2, -0.15) is 0 Å². The molecule has 7 nitrogen and oxygen atoms in total. The molecule has 9 heteroatoms. The number of ether oxygens (including phenoxy) is 3. The molecule has 2 aromatic carbocycles. The van der Waals surface area contributed by atoms with Crippen LogP contribution in [-0.2, 0) is 14.3 Å². The number of thioether (sulfide) groups is 1. The molecule has 1 amide bonds. The van der Waals surface area contributed by atoms with Gasteiger partial charge in [0.15, 0.2) is 6.10 Å². The van der Waals surface area contributed by atoms with Gasteiger partial charge in [0.1, 0.15) is 11.5 Å². The van der Waals surface area contributed by atoms with Crippen LogP contribution >= 0.6 is 11.8 Å². The first-order chi connectivity index (χ1) is 16.7. The van der Waals surface area contributed by atoms with Crippen molar-refractivity contribution in [2.24, 2.45) is 0 Å². The van der Waals surface area contributed by atoms with Crippen molar-refractivity contribution in [2.75, 3.05) is 32.2 Å². The Balaban J connectivity index is 0.00000456. The number of rotatable bonds is 9. The molecule has 198 valence electrons. The lowest BCUT2D eigenvalue weighted by molar-refractivity contribution is -0.152. The highest BCUT2D eigenvalue weighted by Crippen LogP contribution is 2.48. The molecule has 0 saturated carbocycles. The summed E-state index contributed by atoms with van der Waals surface area (Å²) in [6, 6.07) is 13.9. The number of esters is 1. The van der Waals surface area contributed by atoms with Gasteiger partial charge in [0.05, 0.1) is 25.2 Å². The van der Waals surface area contributed by atoms with Crippen molar-refractivity contribution in [3.63, 3.8) is 0 Å². The number of hydrogen-bond acceptors (Lipinski definition) is 7. The van der Waals surface area contributed by atoms with E-state index >= 15 is 0 Å². The molecule has 1 heterocycles. The Hall–Kier alpha value is -2.42. The number of halogens is 1. The summed E-state index contributed by atoms with van der Waals surface area (Å²) < 4.78 is 16.5.